The van der Waals surface area contributed by atoms with Gasteiger partial charge in [-0.05, 0) is 24.5 Å². The van der Waals surface area contributed by atoms with Gasteiger partial charge in [-0.3, -0.25) is 14.5 Å². The van der Waals surface area contributed by atoms with Gasteiger partial charge in [0.1, 0.15) is 5.03 Å². The molecule has 116 valence electrons. The van der Waals surface area contributed by atoms with Crippen LogP contribution in [-0.2, 0) is 16.0 Å². The van der Waals surface area contributed by atoms with E-state index in [-0.39, 0.29) is 10.9 Å². The van der Waals surface area contributed by atoms with E-state index in [9.17, 15) is 9.59 Å². The molecule has 0 spiro atoms. The Hall–Kier alpha value is -2.39. The fourth-order valence-electron chi connectivity index (χ4n) is 2.61. The largest absolute Gasteiger partial charge is 0.273 e. The standard InChI is InChI=1S/C19H16ClNO2/c1-13-7-9-15(10-8-13)16-17(20)19(23)21(18(16)22)12-11-14-5-3-2-4-6-14/h2-10H,11-12H2,1H3. The predicted molar refractivity (Wildman–Crippen MR) is 90.8 cm³/mol. The Morgan fingerprint density at radius 2 is 1.57 bits per heavy atom. The van der Waals surface area contributed by atoms with Crippen LogP contribution in [0.5, 0.6) is 0 Å². The topological polar surface area (TPSA) is 37.4 Å². The number of hydrogen-bond acceptors (Lipinski definition) is 2. The number of carbonyl (C=O) groups is 2. The van der Waals surface area contributed by atoms with Crippen LogP contribution in [0.4, 0.5) is 0 Å². The summed E-state index contributed by atoms with van der Waals surface area (Å²) < 4.78 is 0. The number of benzene rings is 2. The van der Waals surface area contributed by atoms with Crippen LogP contribution in [0.3, 0.4) is 0 Å². The van der Waals surface area contributed by atoms with Crippen molar-refractivity contribution in [3.8, 4) is 0 Å². The SMILES string of the molecule is Cc1ccc(C2=C(Cl)C(=O)N(CCc3ccccc3)C2=O)cc1. The normalized spacial score (nSPS) is 14.8. The summed E-state index contributed by atoms with van der Waals surface area (Å²) in [4.78, 5) is 26.1. The zero-order valence-electron chi connectivity index (χ0n) is 12.8. The third-order valence-electron chi connectivity index (χ3n) is 3.92. The van der Waals surface area contributed by atoms with Crippen molar-refractivity contribution in [3.63, 3.8) is 0 Å². The number of imide groups is 1. The molecule has 0 aliphatic carbocycles. The van der Waals surface area contributed by atoms with Crippen molar-refractivity contribution in [2.75, 3.05) is 6.54 Å². The van der Waals surface area contributed by atoms with Crippen molar-refractivity contribution in [2.45, 2.75) is 13.3 Å². The zero-order valence-corrected chi connectivity index (χ0v) is 13.5. The summed E-state index contributed by atoms with van der Waals surface area (Å²) in [5.74, 6) is -0.733. The van der Waals surface area contributed by atoms with Crippen molar-refractivity contribution in [3.05, 3.63) is 76.3 Å². The lowest BCUT2D eigenvalue weighted by Crippen LogP contribution is -2.33. The molecule has 1 aliphatic rings. The van der Waals surface area contributed by atoms with Crippen LogP contribution in [0.15, 0.2) is 59.6 Å². The lowest BCUT2D eigenvalue weighted by Gasteiger charge is -2.14. The minimum Gasteiger partial charge on any atom is -0.273 e. The van der Waals surface area contributed by atoms with E-state index in [1.165, 1.54) is 4.90 Å². The monoisotopic (exact) mass is 325 g/mol. The van der Waals surface area contributed by atoms with Crippen LogP contribution in [0.2, 0.25) is 0 Å². The van der Waals surface area contributed by atoms with Crippen molar-refractivity contribution in [2.24, 2.45) is 0 Å². The molecule has 0 bridgehead atoms. The zero-order chi connectivity index (χ0) is 16.4. The van der Waals surface area contributed by atoms with Gasteiger partial charge in [0.15, 0.2) is 0 Å². The lowest BCUT2D eigenvalue weighted by atomic mass is 10.0. The summed E-state index contributed by atoms with van der Waals surface area (Å²) in [5.41, 5.74) is 3.14. The maximum Gasteiger partial charge on any atom is 0.273 e. The van der Waals surface area contributed by atoms with Crippen molar-refractivity contribution in [1.29, 1.82) is 0 Å². The summed E-state index contributed by atoms with van der Waals surface area (Å²) in [6, 6.07) is 17.2. The van der Waals surface area contributed by atoms with Crippen molar-refractivity contribution in [1.82, 2.24) is 4.90 Å². The quantitative estimate of drug-likeness (QED) is 0.806. The second-order valence-electron chi connectivity index (χ2n) is 5.55. The highest BCUT2D eigenvalue weighted by Gasteiger charge is 2.37. The van der Waals surface area contributed by atoms with Gasteiger partial charge in [-0.15, -0.1) is 0 Å². The number of rotatable bonds is 4. The highest BCUT2D eigenvalue weighted by Crippen LogP contribution is 2.31. The molecule has 0 atom stereocenters. The van der Waals surface area contributed by atoms with E-state index < -0.39 is 5.91 Å². The fraction of sp³-hybridized carbons (Fsp3) is 0.158. The summed E-state index contributed by atoms with van der Waals surface area (Å²) >= 11 is 6.14. The first-order valence-corrected chi connectivity index (χ1v) is 7.82. The van der Waals surface area contributed by atoms with Crippen LogP contribution in [0.1, 0.15) is 16.7 Å². The molecule has 0 N–H and O–H groups in total. The smallest absolute Gasteiger partial charge is 0.273 e. The van der Waals surface area contributed by atoms with Gasteiger partial charge in [0, 0.05) is 6.54 Å². The Balaban J connectivity index is 1.80. The molecule has 0 saturated carbocycles. The van der Waals surface area contributed by atoms with Gasteiger partial charge in [0.25, 0.3) is 11.8 Å². The van der Waals surface area contributed by atoms with E-state index >= 15 is 0 Å². The number of amides is 2. The summed E-state index contributed by atoms with van der Waals surface area (Å²) in [7, 11) is 0. The van der Waals surface area contributed by atoms with Crippen LogP contribution >= 0.6 is 11.6 Å². The number of aryl methyl sites for hydroxylation is 1. The van der Waals surface area contributed by atoms with E-state index in [1.54, 1.807) is 0 Å². The molecule has 3 nitrogen and oxygen atoms in total. The third-order valence-corrected chi connectivity index (χ3v) is 4.27. The van der Waals surface area contributed by atoms with Crippen LogP contribution in [-0.4, -0.2) is 23.3 Å². The average molecular weight is 326 g/mol. The van der Waals surface area contributed by atoms with E-state index in [1.807, 2.05) is 61.5 Å². The van der Waals surface area contributed by atoms with Crippen molar-refractivity contribution < 1.29 is 9.59 Å². The lowest BCUT2D eigenvalue weighted by molar-refractivity contribution is -0.136. The molecule has 4 heteroatoms. The molecule has 0 radical (unpaired) electrons. The Kier molecular flexibility index (Phi) is 4.30. The van der Waals surface area contributed by atoms with E-state index in [0.29, 0.717) is 24.1 Å². The number of carbonyl (C=O) groups excluding carboxylic acids is 2. The third kappa shape index (κ3) is 3.06. The molecular weight excluding hydrogens is 310 g/mol. The molecule has 1 heterocycles. The fourth-order valence-corrected chi connectivity index (χ4v) is 2.90. The summed E-state index contributed by atoms with van der Waals surface area (Å²) in [6.07, 6.45) is 0.615. The van der Waals surface area contributed by atoms with Crippen LogP contribution in [0, 0.1) is 6.92 Å². The molecule has 0 fully saturated rings. The minimum atomic E-state index is -0.414. The summed E-state index contributed by atoms with van der Waals surface area (Å²) in [5, 5.41) is 0.00640. The number of nitrogens with zero attached hydrogens (tertiary/aromatic N) is 1. The maximum absolute atomic E-state index is 12.6. The molecule has 23 heavy (non-hydrogen) atoms. The molecule has 1 aliphatic heterocycles. The first-order chi connectivity index (χ1) is 11.1. The first-order valence-electron chi connectivity index (χ1n) is 7.45. The maximum atomic E-state index is 12.6. The molecule has 3 rings (SSSR count). The number of hydrogen-bond donors (Lipinski definition) is 0. The second-order valence-corrected chi connectivity index (χ2v) is 5.93. The highest BCUT2D eigenvalue weighted by molar-refractivity contribution is 6.55. The van der Waals surface area contributed by atoms with Gasteiger partial charge in [0.05, 0.1) is 5.57 Å². The van der Waals surface area contributed by atoms with Crippen LogP contribution in [0.25, 0.3) is 5.57 Å². The molecular formula is C19H16ClNO2. The Bertz CT molecular complexity index is 779. The summed E-state index contributed by atoms with van der Waals surface area (Å²) in [6.45, 7) is 2.29. The van der Waals surface area contributed by atoms with Gasteiger partial charge in [0.2, 0.25) is 0 Å². The van der Waals surface area contributed by atoms with E-state index in [2.05, 4.69) is 0 Å². The number of halogens is 1. The van der Waals surface area contributed by atoms with E-state index in [0.717, 1.165) is 11.1 Å². The Labute approximate surface area is 140 Å². The van der Waals surface area contributed by atoms with Gasteiger partial charge >= 0.3 is 0 Å². The molecule has 0 aromatic heterocycles. The second kappa shape index (κ2) is 6.39. The van der Waals surface area contributed by atoms with Gasteiger partial charge in [-0.1, -0.05) is 71.8 Å². The van der Waals surface area contributed by atoms with Gasteiger partial charge in [-0.2, -0.15) is 0 Å². The van der Waals surface area contributed by atoms with Gasteiger partial charge in [-0.25, -0.2) is 0 Å². The molecule has 0 unspecified atom stereocenters. The average Bonchev–Trinajstić information content (AvgIpc) is 2.78. The highest BCUT2D eigenvalue weighted by atomic mass is 35.5. The van der Waals surface area contributed by atoms with Crippen molar-refractivity contribution >= 4 is 29.0 Å². The van der Waals surface area contributed by atoms with E-state index in [4.69, 9.17) is 11.6 Å². The molecule has 2 aromatic carbocycles. The first kappa shape index (κ1) is 15.5. The molecule has 2 amide bonds. The van der Waals surface area contributed by atoms with Crippen LogP contribution < -0.4 is 0 Å². The Morgan fingerprint density at radius 1 is 0.913 bits per heavy atom. The Morgan fingerprint density at radius 3 is 2.22 bits per heavy atom. The molecule has 0 saturated heterocycles. The minimum absolute atomic E-state index is 0.00640. The molecule has 2 aromatic rings. The predicted octanol–water partition coefficient (Wildman–Crippen LogP) is 3.56. The van der Waals surface area contributed by atoms with Gasteiger partial charge < -0.3 is 0 Å².